The van der Waals surface area contributed by atoms with Gasteiger partial charge in [-0.1, -0.05) is 24.6 Å². The quantitative estimate of drug-likeness (QED) is 0.747. The highest BCUT2D eigenvalue weighted by atomic mass is 35.5. The minimum absolute atomic E-state index is 0.106. The van der Waals surface area contributed by atoms with Crippen molar-refractivity contribution >= 4 is 28.7 Å². The Hall–Kier alpha value is -1.32. The zero-order chi connectivity index (χ0) is 14.3. The van der Waals surface area contributed by atoms with Crippen molar-refractivity contribution in [1.29, 1.82) is 0 Å². The van der Waals surface area contributed by atoms with Gasteiger partial charge < -0.3 is 4.74 Å². The Kier molecular flexibility index (Phi) is 3.57. The number of fused-ring (bicyclic) bond motifs is 1. The molecule has 1 unspecified atom stereocenters. The molecule has 2 heterocycles. The van der Waals surface area contributed by atoms with Gasteiger partial charge in [0.1, 0.15) is 11.9 Å². The van der Waals surface area contributed by atoms with Crippen molar-refractivity contribution in [3.63, 3.8) is 0 Å². The van der Waals surface area contributed by atoms with Crippen LogP contribution in [0.4, 0.5) is 0 Å². The van der Waals surface area contributed by atoms with Crippen molar-refractivity contribution < 1.29 is 9.53 Å². The topological polar surface area (TPSA) is 26.3 Å². The smallest absolute Gasteiger partial charge is 0.169 e. The molecular formula is C16H15ClO2S. The number of thiophene rings is 1. The molecule has 0 aliphatic carbocycles. The molecule has 3 rings (SSSR count). The number of hydrogen-bond donors (Lipinski definition) is 0. The van der Waals surface area contributed by atoms with Crippen molar-refractivity contribution in [2.75, 3.05) is 0 Å². The van der Waals surface area contributed by atoms with Crippen molar-refractivity contribution in [1.82, 2.24) is 0 Å². The Morgan fingerprint density at radius 1 is 1.40 bits per heavy atom. The van der Waals surface area contributed by atoms with E-state index < -0.39 is 0 Å². The lowest BCUT2D eigenvalue weighted by molar-refractivity contribution is 0.102. The normalized spacial score (nSPS) is 16.9. The van der Waals surface area contributed by atoms with Crippen molar-refractivity contribution in [2.45, 2.75) is 32.8 Å². The molecule has 0 saturated carbocycles. The Morgan fingerprint density at radius 3 is 2.85 bits per heavy atom. The predicted molar refractivity (Wildman–Crippen MR) is 83.2 cm³/mol. The second-order valence-corrected chi connectivity index (χ2v) is 6.47. The van der Waals surface area contributed by atoms with Gasteiger partial charge in [-0.25, -0.2) is 0 Å². The molecule has 20 heavy (non-hydrogen) atoms. The monoisotopic (exact) mass is 306 g/mol. The van der Waals surface area contributed by atoms with Gasteiger partial charge in [-0.15, -0.1) is 11.3 Å². The highest BCUT2D eigenvalue weighted by molar-refractivity contribution is 7.17. The van der Waals surface area contributed by atoms with Gasteiger partial charge in [0.05, 0.1) is 9.90 Å². The molecule has 1 aliphatic heterocycles. The minimum atomic E-state index is 0.106. The number of ether oxygens (including phenoxy) is 1. The summed E-state index contributed by atoms with van der Waals surface area (Å²) in [6.45, 7) is 3.71. The van der Waals surface area contributed by atoms with E-state index in [0.29, 0.717) is 5.02 Å². The third kappa shape index (κ3) is 2.25. The van der Waals surface area contributed by atoms with E-state index in [-0.39, 0.29) is 11.9 Å². The summed E-state index contributed by atoms with van der Waals surface area (Å²) in [6, 6.07) is 7.79. The number of Topliss-reactive ketones (excluding diaryl/α,β-unsaturated/α-hetero) is 1. The molecule has 0 amide bonds. The van der Waals surface area contributed by atoms with E-state index >= 15 is 0 Å². The minimum Gasteiger partial charge on any atom is -0.488 e. The van der Waals surface area contributed by atoms with Crippen LogP contribution < -0.4 is 4.74 Å². The maximum Gasteiger partial charge on any atom is 0.169 e. The molecule has 4 heteroatoms. The number of carbonyl (C=O) groups is 1. The van der Waals surface area contributed by atoms with Gasteiger partial charge in [0, 0.05) is 16.9 Å². The number of carbonyl (C=O) groups excluding carboxylic acids is 1. The third-order valence-corrected chi connectivity index (χ3v) is 5.12. The molecule has 0 radical (unpaired) electrons. The van der Waals surface area contributed by atoms with E-state index in [1.54, 1.807) is 6.92 Å². The Balaban J connectivity index is 2.07. The molecule has 1 aromatic carbocycles. The van der Waals surface area contributed by atoms with E-state index in [1.165, 1.54) is 16.9 Å². The number of ketones is 1. The first-order valence-corrected chi connectivity index (χ1v) is 7.88. The molecule has 104 valence electrons. The highest BCUT2D eigenvalue weighted by Crippen LogP contribution is 2.44. The van der Waals surface area contributed by atoms with Gasteiger partial charge in [-0.2, -0.15) is 0 Å². The Morgan fingerprint density at radius 2 is 2.20 bits per heavy atom. The Labute approximate surface area is 127 Å². The summed E-state index contributed by atoms with van der Waals surface area (Å²) in [5, 5.41) is 0.669. The first-order chi connectivity index (χ1) is 9.60. The fraction of sp³-hybridized carbons (Fsp3) is 0.312. The third-order valence-electron chi connectivity index (χ3n) is 3.60. The lowest BCUT2D eigenvalue weighted by Gasteiger charge is -2.07. The standard InChI is InChI=1S/C16H15ClO2S/c1-3-10-8-12-11(4-5-13(17)16(12)19-10)15-7-6-14(20-15)9(2)18/h4-7,10H,3,8H2,1-2H3. The van der Waals surface area contributed by atoms with Crippen molar-refractivity contribution in [2.24, 2.45) is 0 Å². The molecular weight excluding hydrogens is 292 g/mol. The molecule has 2 nitrogen and oxygen atoms in total. The van der Waals surface area contributed by atoms with Crippen LogP contribution in [0.1, 0.15) is 35.5 Å². The van der Waals surface area contributed by atoms with Crippen LogP contribution >= 0.6 is 22.9 Å². The van der Waals surface area contributed by atoms with Gasteiger partial charge in [0.25, 0.3) is 0 Å². The van der Waals surface area contributed by atoms with Gasteiger partial charge in [-0.3, -0.25) is 4.79 Å². The summed E-state index contributed by atoms with van der Waals surface area (Å²) in [7, 11) is 0. The summed E-state index contributed by atoms with van der Waals surface area (Å²) in [5.41, 5.74) is 2.30. The van der Waals surface area contributed by atoms with E-state index in [1.807, 2.05) is 24.3 Å². The highest BCUT2D eigenvalue weighted by Gasteiger charge is 2.27. The van der Waals surface area contributed by atoms with Gasteiger partial charge in [0.15, 0.2) is 5.78 Å². The lowest BCUT2D eigenvalue weighted by atomic mass is 10.0. The van der Waals surface area contributed by atoms with E-state index in [4.69, 9.17) is 16.3 Å². The zero-order valence-corrected chi connectivity index (χ0v) is 13.0. The summed E-state index contributed by atoms with van der Waals surface area (Å²) in [4.78, 5) is 13.3. The largest absolute Gasteiger partial charge is 0.488 e. The van der Waals surface area contributed by atoms with E-state index in [2.05, 4.69) is 6.92 Å². The van der Waals surface area contributed by atoms with Crippen LogP contribution in [0, 0.1) is 0 Å². The number of halogens is 1. The first-order valence-electron chi connectivity index (χ1n) is 6.69. The molecule has 1 atom stereocenters. The zero-order valence-electron chi connectivity index (χ0n) is 11.4. The van der Waals surface area contributed by atoms with E-state index in [0.717, 1.165) is 33.9 Å². The SMILES string of the molecule is CCC1Cc2c(-c3ccc(C(C)=O)s3)ccc(Cl)c2O1. The molecule has 0 bridgehead atoms. The van der Waals surface area contributed by atoms with Gasteiger partial charge >= 0.3 is 0 Å². The van der Waals surface area contributed by atoms with Crippen LogP contribution in [0.3, 0.4) is 0 Å². The molecule has 0 fully saturated rings. The maximum absolute atomic E-state index is 11.4. The maximum atomic E-state index is 11.4. The van der Waals surface area contributed by atoms with Crippen molar-refractivity contribution in [3.05, 3.63) is 39.7 Å². The second-order valence-electron chi connectivity index (χ2n) is 4.97. The summed E-state index contributed by atoms with van der Waals surface area (Å²) >= 11 is 7.76. The van der Waals surface area contributed by atoms with Crippen LogP contribution in [0.15, 0.2) is 24.3 Å². The molecule has 1 aromatic heterocycles. The van der Waals surface area contributed by atoms with Crippen molar-refractivity contribution in [3.8, 4) is 16.2 Å². The predicted octanol–water partition coefficient (Wildman–Crippen LogP) is 4.98. The lowest BCUT2D eigenvalue weighted by Crippen LogP contribution is -2.10. The second kappa shape index (κ2) is 5.23. The molecule has 0 N–H and O–H groups in total. The van der Waals surface area contributed by atoms with Crippen LogP contribution in [0.2, 0.25) is 5.02 Å². The summed E-state index contributed by atoms with van der Waals surface area (Å²) < 4.78 is 5.91. The Bertz CT molecular complexity index is 675. The molecule has 0 spiro atoms. The molecule has 0 saturated heterocycles. The van der Waals surface area contributed by atoms with E-state index in [9.17, 15) is 4.79 Å². The van der Waals surface area contributed by atoms with Crippen LogP contribution in [-0.4, -0.2) is 11.9 Å². The fourth-order valence-corrected chi connectivity index (χ4v) is 3.67. The first kappa shape index (κ1) is 13.7. The molecule has 2 aromatic rings. The summed E-state index contributed by atoms with van der Waals surface area (Å²) in [6.07, 6.45) is 2.05. The number of hydrogen-bond acceptors (Lipinski definition) is 3. The average molecular weight is 307 g/mol. The number of benzene rings is 1. The average Bonchev–Trinajstić information content (AvgIpc) is 3.05. The fourth-order valence-electron chi connectivity index (χ4n) is 2.50. The number of rotatable bonds is 3. The van der Waals surface area contributed by atoms with Crippen LogP contribution in [0.5, 0.6) is 5.75 Å². The van der Waals surface area contributed by atoms with Gasteiger partial charge in [-0.05, 0) is 37.1 Å². The summed E-state index contributed by atoms with van der Waals surface area (Å²) in [5.74, 6) is 0.920. The van der Waals surface area contributed by atoms with Crippen LogP contribution in [0.25, 0.3) is 10.4 Å². The van der Waals surface area contributed by atoms with Crippen LogP contribution in [-0.2, 0) is 6.42 Å². The molecule has 1 aliphatic rings. The van der Waals surface area contributed by atoms with Gasteiger partial charge in [0.2, 0.25) is 0 Å².